The third-order valence-corrected chi connectivity index (χ3v) is 4.60. The van der Waals surface area contributed by atoms with E-state index in [1.807, 2.05) is 23.9 Å². The van der Waals surface area contributed by atoms with Gasteiger partial charge in [0, 0.05) is 23.0 Å². The van der Waals surface area contributed by atoms with E-state index in [4.69, 9.17) is 9.47 Å². The highest BCUT2D eigenvalue weighted by Crippen LogP contribution is 2.34. The van der Waals surface area contributed by atoms with Crippen LogP contribution in [0.25, 0.3) is 0 Å². The summed E-state index contributed by atoms with van der Waals surface area (Å²) in [5.74, 6) is 2.97. The van der Waals surface area contributed by atoms with Gasteiger partial charge in [0.05, 0.1) is 0 Å². The van der Waals surface area contributed by atoms with Gasteiger partial charge in [-0.1, -0.05) is 6.92 Å². The van der Waals surface area contributed by atoms with E-state index in [9.17, 15) is 0 Å². The van der Waals surface area contributed by atoms with Crippen LogP contribution in [0, 0.1) is 0 Å². The molecule has 2 aliphatic rings. The molecule has 3 rings (SSSR count). The maximum Gasteiger partial charge on any atom is 0.163 e. The molecule has 0 amide bonds. The lowest BCUT2D eigenvalue weighted by atomic mass is 10.1. The van der Waals surface area contributed by atoms with E-state index in [1.165, 1.54) is 12.2 Å². The molecule has 17 heavy (non-hydrogen) atoms. The quantitative estimate of drug-likeness (QED) is 0.875. The van der Waals surface area contributed by atoms with E-state index in [0.29, 0.717) is 24.5 Å². The van der Waals surface area contributed by atoms with Crippen molar-refractivity contribution in [1.82, 2.24) is 0 Å². The van der Waals surface area contributed by atoms with E-state index in [0.717, 1.165) is 17.2 Å². The molecule has 1 N–H and O–H groups in total. The van der Waals surface area contributed by atoms with E-state index >= 15 is 0 Å². The molecule has 92 valence electrons. The van der Waals surface area contributed by atoms with Crippen molar-refractivity contribution in [3.05, 3.63) is 18.2 Å². The molecule has 0 saturated carbocycles. The van der Waals surface area contributed by atoms with Crippen LogP contribution in [0.4, 0.5) is 5.69 Å². The summed E-state index contributed by atoms with van der Waals surface area (Å²) in [6.07, 6.45) is 1.24. The largest absolute Gasteiger partial charge is 0.486 e. The van der Waals surface area contributed by atoms with Crippen LogP contribution in [0.15, 0.2) is 18.2 Å². The summed E-state index contributed by atoms with van der Waals surface area (Å²) in [5, 5.41) is 4.27. The van der Waals surface area contributed by atoms with Crippen molar-refractivity contribution in [3.63, 3.8) is 0 Å². The Labute approximate surface area is 106 Å². The van der Waals surface area contributed by atoms with Gasteiger partial charge in [0.25, 0.3) is 0 Å². The lowest BCUT2D eigenvalue weighted by Gasteiger charge is -2.22. The van der Waals surface area contributed by atoms with E-state index in [1.54, 1.807) is 0 Å². The summed E-state index contributed by atoms with van der Waals surface area (Å²) in [6.45, 7) is 3.58. The van der Waals surface area contributed by atoms with E-state index in [2.05, 4.69) is 18.3 Å². The third-order valence-electron chi connectivity index (χ3n) is 3.27. The Balaban J connectivity index is 1.75. The first-order valence-corrected chi connectivity index (χ1v) is 7.15. The van der Waals surface area contributed by atoms with Gasteiger partial charge in [0.2, 0.25) is 0 Å². The molecule has 1 fully saturated rings. The predicted molar refractivity (Wildman–Crippen MR) is 71.4 cm³/mol. The van der Waals surface area contributed by atoms with Gasteiger partial charge in [0.15, 0.2) is 11.5 Å². The van der Waals surface area contributed by atoms with E-state index in [-0.39, 0.29) is 0 Å². The Morgan fingerprint density at radius 3 is 2.82 bits per heavy atom. The number of hydrogen-bond donors (Lipinski definition) is 1. The molecule has 0 bridgehead atoms. The number of fused-ring (bicyclic) bond motifs is 1. The summed E-state index contributed by atoms with van der Waals surface area (Å²) in [5.41, 5.74) is 1.13. The van der Waals surface area contributed by atoms with Gasteiger partial charge in [0.1, 0.15) is 13.2 Å². The van der Waals surface area contributed by atoms with Crippen LogP contribution < -0.4 is 14.8 Å². The molecule has 2 heterocycles. The summed E-state index contributed by atoms with van der Waals surface area (Å²) in [6, 6.07) is 6.68. The van der Waals surface area contributed by atoms with Crippen LogP contribution in [0.1, 0.15) is 13.3 Å². The second-order valence-corrected chi connectivity index (χ2v) is 5.96. The van der Waals surface area contributed by atoms with Crippen molar-refractivity contribution < 1.29 is 9.47 Å². The van der Waals surface area contributed by atoms with Crippen LogP contribution in [-0.4, -0.2) is 30.3 Å². The molecule has 2 aliphatic heterocycles. The Kier molecular flexibility index (Phi) is 3.05. The average Bonchev–Trinajstić information content (AvgIpc) is 2.75. The van der Waals surface area contributed by atoms with Gasteiger partial charge in [-0.3, -0.25) is 0 Å². The normalized spacial score (nSPS) is 26.9. The summed E-state index contributed by atoms with van der Waals surface area (Å²) in [7, 11) is 0. The lowest BCUT2D eigenvalue weighted by molar-refractivity contribution is 0.171. The van der Waals surface area contributed by atoms with Crippen molar-refractivity contribution >= 4 is 17.4 Å². The molecular formula is C13H17NO2S. The summed E-state index contributed by atoms with van der Waals surface area (Å²) < 4.78 is 11.1. The van der Waals surface area contributed by atoms with Gasteiger partial charge in [-0.05, 0) is 24.3 Å². The van der Waals surface area contributed by atoms with Crippen molar-refractivity contribution in [2.24, 2.45) is 0 Å². The van der Waals surface area contributed by atoms with Crippen LogP contribution in [0.5, 0.6) is 11.5 Å². The Morgan fingerprint density at radius 1 is 1.24 bits per heavy atom. The second kappa shape index (κ2) is 4.69. The zero-order chi connectivity index (χ0) is 11.7. The van der Waals surface area contributed by atoms with Gasteiger partial charge in [-0.2, -0.15) is 11.8 Å². The minimum Gasteiger partial charge on any atom is -0.486 e. The summed E-state index contributed by atoms with van der Waals surface area (Å²) >= 11 is 2.03. The Hall–Kier alpha value is -1.03. The molecule has 0 spiro atoms. The molecule has 2 unspecified atom stereocenters. The van der Waals surface area contributed by atoms with Gasteiger partial charge < -0.3 is 14.8 Å². The minimum atomic E-state index is 0.572. The smallest absolute Gasteiger partial charge is 0.163 e. The third kappa shape index (κ3) is 2.32. The average molecular weight is 251 g/mol. The fourth-order valence-corrected chi connectivity index (χ4v) is 3.47. The standard InChI is InChI=1S/C13H17NO2S/c1-9-11(4-7-17-9)14-10-2-3-12-13(8-10)16-6-5-15-12/h2-3,8-9,11,14H,4-7H2,1H3. The molecule has 1 aromatic rings. The highest BCUT2D eigenvalue weighted by molar-refractivity contribution is 8.00. The first-order chi connectivity index (χ1) is 8.33. The molecular weight excluding hydrogens is 234 g/mol. The van der Waals surface area contributed by atoms with Crippen LogP contribution in [0.2, 0.25) is 0 Å². The minimum absolute atomic E-state index is 0.572. The second-order valence-electron chi connectivity index (χ2n) is 4.47. The number of anilines is 1. The molecule has 4 heteroatoms. The lowest BCUT2D eigenvalue weighted by Crippen LogP contribution is -2.24. The highest BCUT2D eigenvalue weighted by atomic mass is 32.2. The summed E-state index contributed by atoms with van der Waals surface area (Å²) in [4.78, 5) is 0. The van der Waals surface area contributed by atoms with Gasteiger partial charge in [-0.15, -0.1) is 0 Å². The first kappa shape index (κ1) is 11.1. The fraction of sp³-hybridized carbons (Fsp3) is 0.538. The Morgan fingerprint density at radius 2 is 2.06 bits per heavy atom. The van der Waals surface area contributed by atoms with Gasteiger partial charge >= 0.3 is 0 Å². The number of hydrogen-bond acceptors (Lipinski definition) is 4. The number of benzene rings is 1. The molecule has 1 aromatic carbocycles. The van der Waals surface area contributed by atoms with Crippen LogP contribution in [0.3, 0.4) is 0 Å². The Bertz CT molecular complexity index is 410. The predicted octanol–water partition coefficient (Wildman–Crippen LogP) is 2.76. The monoisotopic (exact) mass is 251 g/mol. The molecule has 2 atom stereocenters. The number of ether oxygens (including phenoxy) is 2. The molecule has 1 saturated heterocycles. The van der Waals surface area contributed by atoms with Crippen molar-refractivity contribution in [3.8, 4) is 11.5 Å². The topological polar surface area (TPSA) is 30.5 Å². The molecule has 0 aromatic heterocycles. The molecule has 0 radical (unpaired) electrons. The number of nitrogens with one attached hydrogen (secondary N) is 1. The van der Waals surface area contributed by atoms with Gasteiger partial charge in [-0.25, -0.2) is 0 Å². The van der Waals surface area contributed by atoms with Crippen molar-refractivity contribution in [2.75, 3.05) is 24.3 Å². The van der Waals surface area contributed by atoms with E-state index < -0.39 is 0 Å². The molecule has 3 nitrogen and oxygen atoms in total. The van der Waals surface area contributed by atoms with Crippen LogP contribution in [-0.2, 0) is 0 Å². The van der Waals surface area contributed by atoms with Crippen LogP contribution >= 0.6 is 11.8 Å². The zero-order valence-corrected chi connectivity index (χ0v) is 10.8. The highest BCUT2D eigenvalue weighted by Gasteiger charge is 2.24. The van der Waals surface area contributed by atoms with Crippen molar-refractivity contribution in [1.29, 1.82) is 0 Å². The maximum absolute atomic E-state index is 5.59. The number of thioether (sulfide) groups is 1. The number of rotatable bonds is 2. The zero-order valence-electron chi connectivity index (χ0n) is 9.94. The molecule has 0 aliphatic carbocycles. The first-order valence-electron chi connectivity index (χ1n) is 6.11. The maximum atomic E-state index is 5.59. The fourth-order valence-electron chi connectivity index (χ4n) is 2.27. The SMILES string of the molecule is CC1SCCC1Nc1ccc2c(c1)OCCO2. The van der Waals surface area contributed by atoms with Crippen molar-refractivity contribution in [2.45, 2.75) is 24.6 Å².